The van der Waals surface area contributed by atoms with Crippen molar-refractivity contribution in [3.8, 4) is 17.2 Å². The highest BCUT2D eigenvalue weighted by atomic mass is 32.2. The third kappa shape index (κ3) is 4.50. The van der Waals surface area contributed by atoms with Crippen molar-refractivity contribution in [1.29, 1.82) is 0 Å². The third-order valence-electron chi connectivity index (χ3n) is 5.33. The predicted octanol–water partition coefficient (Wildman–Crippen LogP) is 4.10. The number of nitrogens with one attached hydrogen (secondary N) is 1. The first-order valence-corrected chi connectivity index (χ1v) is 11.0. The molecule has 6 nitrogen and oxygen atoms in total. The molecule has 1 amide bonds. The highest BCUT2D eigenvalue weighted by Gasteiger charge is 2.20. The summed E-state index contributed by atoms with van der Waals surface area (Å²) in [5.74, 6) is 1.05. The number of thioether (sulfide) groups is 1. The number of amides is 1. The average Bonchev–Trinajstić information content (AvgIpc) is 3.39. The number of nitrogens with zero attached hydrogens (tertiary/aromatic N) is 4. The minimum absolute atomic E-state index is 0.0518. The molecule has 2 aromatic heterocycles. The van der Waals surface area contributed by atoms with Gasteiger partial charge in [0.2, 0.25) is 5.91 Å². The van der Waals surface area contributed by atoms with Crippen LogP contribution >= 0.6 is 11.8 Å². The number of hydrogen-bond donors (Lipinski definition) is 1. The minimum Gasteiger partial charge on any atom is -0.353 e. The van der Waals surface area contributed by atoms with E-state index in [2.05, 4.69) is 52.5 Å². The molecule has 0 unspecified atom stereocenters. The van der Waals surface area contributed by atoms with Gasteiger partial charge in [-0.2, -0.15) is 0 Å². The summed E-state index contributed by atoms with van der Waals surface area (Å²) in [5.41, 5.74) is 4.14. The molecule has 1 fully saturated rings. The van der Waals surface area contributed by atoms with Crippen LogP contribution in [0.15, 0.2) is 47.8 Å². The van der Waals surface area contributed by atoms with Crippen LogP contribution in [0.25, 0.3) is 17.2 Å². The summed E-state index contributed by atoms with van der Waals surface area (Å²) in [4.78, 5) is 16.8. The Labute approximate surface area is 175 Å². The topological polar surface area (TPSA) is 72.7 Å². The van der Waals surface area contributed by atoms with Crippen molar-refractivity contribution in [2.75, 3.05) is 5.75 Å². The van der Waals surface area contributed by atoms with Gasteiger partial charge in [-0.3, -0.25) is 14.3 Å². The number of carbonyl (C=O) groups is 1. The highest BCUT2D eigenvalue weighted by Crippen LogP contribution is 2.28. The highest BCUT2D eigenvalue weighted by molar-refractivity contribution is 7.99. The number of benzene rings is 1. The Bertz CT molecular complexity index is 996. The second-order valence-electron chi connectivity index (χ2n) is 7.46. The van der Waals surface area contributed by atoms with Crippen molar-refractivity contribution >= 4 is 17.7 Å². The Morgan fingerprint density at radius 2 is 1.97 bits per heavy atom. The van der Waals surface area contributed by atoms with E-state index in [1.54, 1.807) is 6.20 Å². The number of aryl methyl sites for hydroxylation is 2. The molecule has 0 aliphatic heterocycles. The molecular formula is C22H25N5OS. The second kappa shape index (κ2) is 8.78. The van der Waals surface area contributed by atoms with Crippen molar-refractivity contribution in [2.45, 2.75) is 50.7 Å². The first kappa shape index (κ1) is 19.6. The number of rotatable bonds is 6. The summed E-state index contributed by atoms with van der Waals surface area (Å²) in [7, 11) is 0. The third-order valence-corrected chi connectivity index (χ3v) is 6.26. The molecule has 0 spiro atoms. The molecule has 3 aromatic rings. The lowest BCUT2D eigenvalue weighted by atomic mass is 10.1. The summed E-state index contributed by atoms with van der Waals surface area (Å²) in [6.45, 7) is 4.18. The molecular weight excluding hydrogens is 382 g/mol. The first-order valence-electron chi connectivity index (χ1n) is 9.98. The molecule has 29 heavy (non-hydrogen) atoms. The molecule has 150 valence electrons. The van der Waals surface area contributed by atoms with Gasteiger partial charge in [0.15, 0.2) is 11.0 Å². The lowest BCUT2D eigenvalue weighted by Gasteiger charge is -2.13. The molecule has 1 N–H and O–H groups in total. The van der Waals surface area contributed by atoms with Crippen LogP contribution in [-0.2, 0) is 4.79 Å². The Hall–Kier alpha value is -2.67. The van der Waals surface area contributed by atoms with Gasteiger partial charge in [-0.05, 0) is 62.1 Å². The van der Waals surface area contributed by atoms with E-state index in [9.17, 15) is 4.79 Å². The maximum Gasteiger partial charge on any atom is 0.230 e. The predicted molar refractivity (Wildman–Crippen MR) is 115 cm³/mol. The van der Waals surface area contributed by atoms with Gasteiger partial charge in [0.05, 0.1) is 11.4 Å². The van der Waals surface area contributed by atoms with Gasteiger partial charge in [0.25, 0.3) is 0 Å². The van der Waals surface area contributed by atoms with Crippen LogP contribution in [0.1, 0.15) is 36.8 Å². The molecule has 1 aromatic carbocycles. The normalized spacial score (nSPS) is 14.3. The fraction of sp³-hybridized carbons (Fsp3) is 0.364. The maximum atomic E-state index is 12.4. The van der Waals surface area contributed by atoms with Crippen molar-refractivity contribution in [3.63, 3.8) is 0 Å². The number of hydrogen-bond acceptors (Lipinski definition) is 5. The maximum absolute atomic E-state index is 12.4. The zero-order valence-corrected chi connectivity index (χ0v) is 17.6. The van der Waals surface area contributed by atoms with Crippen LogP contribution < -0.4 is 5.32 Å². The van der Waals surface area contributed by atoms with Crippen LogP contribution in [-0.4, -0.2) is 37.5 Å². The molecule has 0 bridgehead atoms. The van der Waals surface area contributed by atoms with Crippen LogP contribution in [0.3, 0.4) is 0 Å². The molecule has 4 rings (SSSR count). The fourth-order valence-corrected chi connectivity index (χ4v) is 4.35. The molecule has 0 saturated heterocycles. The number of aromatic nitrogens is 4. The van der Waals surface area contributed by atoms with Gasteiger partial charge < -0.3 is 5.32 Å². The summed E-state index contributed by atoms with van der Waals surface area (Å²) in [6, 6.07) is 12.3. The van der Waals surface area contributed by atoms with Crippen LogP contribution in [0.5, 0.6) is 0 Å². The first-order chi connectivity index (χ1) is 14.1. The van der Waals surface area contributed by atoms with Crippen molar-refractivity contribution in [2.24, 2.45) is 0 Å². The fourth-order valence-electron chi connectivity index (χ4n) is 3.59. The molecule has 2 heterocycles. The summed E-state index contributed by atoms with van der Waals surface area (Å²) in [6.07, 6.45) is 6.31. The van der Waals surface area contributed by atoms with Crippen molar-refractivity contribution in [3.05, 3.63) is 53.7 Å². The van der Waals surface area contributed by atoms with Gasteiger partial charge in [-0.15, -0.1) is 10.2 Å². The molecule has 0 radical (unpaired) electrons. The van der Waals surface area contributed by atoms with E-state index in [0.717, 1.165) is 24.2 Å². The zero-order valence-electron chi connectivity index (χ0n) is 16.8. The molecule has 1 aliphatic carbocycles. The molecule has 0 atom stereocenters. The van der Waals surface area contributed by atoms with Gasteiger partial charge >= 0.3 is 0 Å². The molecule has 1 saturated carbocycles. The molecule has 7 heteroatoms. The Morgan fingerprint density at radius 3 is 2.69 bits per heavy atom. The SMILES string of the molecule is Cc1ccc(-n2c(SCC(=O)NC3CCCC3)nnc2-c2ccccn2)cc1C. The molecule has 1 aliphatic rings. The summed E-state index contributed by atoms with van der Waals surface area (Å²) < 4.78 is 1.99. The van der Waals surface area contributed by atoms with E-state index in [1.807, 2.05) is 22.8 Å². The van der Waals surface area contributed by atoms with Crippen molar-refractivity contribution < 1.29 is 4.79 Å². The minimum atomic E-state index is 0.0518. The summed E-state index contributed by atoms with van der Waals surface area (Å²) in [5, 5.41) is 12.6. The van der Waals surface area contributed by atoms with E-state index in [0.29, 0.717) is 22.8 Å². The van der Waals surface area contributed by atoms with Gasteiger partial charge in [0.1, 0.15) is 5.69 Å². The largest absolute Gasteiger partial charge is 0.353 e. The Morgan fingerprint density at radius 1 is 1.14 bits per heavy atom. The monoisotopic (exact) mass is 407 g/mol. The quantitative estimate of drug-likeness (QED) is 0.623. The second-order valence-corrected chi connectivity index (χ2v) is 8.41. The van der Waals surface area contributed by atoms with Gasteiger partial charge in [-0.1, -0.05) is 36.7 Å². The smallest absolute Gasteiger partial charge is 0.230 e. The van der Waals surface area contributed by atoms with E-state index in [1.165, 1.54) is 35.7 Å². The Kier molecular flexibility index (Phi) is 5.94. The lowest BCUT2D eigenvalue weighted by molar-refractivity contribution is -0.119. The van der Waals surface area contributed by atoms with E-state index in [4.69, 9.17) is 0 Å². The van der Waals surface area contributed by atoms with E-state index in [-0.39, 0.29) is 5.91 Å². The van der Waals surface area contributed by atoms with E-state index >= 15 is 0 Å². The van der Waals surface area contributed by atoms with Crippen molar-refractivity contribution in [1.82, 2.24) is 25.1 Å². The average molecular weight is 408 g/mol. The number of carbonyl (C=O) groups excluding carboxylic acids is 1. The Balaban J connectivity index is 1.62. The summed E-state index contributed by atoms with van der Waals surface area (Å²) >= 11 is 1.41. The van der Waals surface area contributed by atoms with Crippen LogP contribution in [0.2, 0.25) is 0 Å². The standard InChI is InChI=1S/C22H25N5OS/c1-15-10-11-18(13-16(15)2)27-21(19-9-5-6-12-23-19)25-26-22(27)29-14-20(28)24-17-7-3-4-8-17/h5-6,9-13,17H,3-4,7-8,14H2,1-2H3,(H,24,28). The van der Waals surface area contributed by atoms with Gasteiger partial charge in [0, 0.05) is 12.2 Å². The lowest BCUT2D eigenvalue weighted by Crippen LogP contribution is -2.33. The van der Waals surface area contributed by atoms with Gasteiger partial charge in [-0.25, -0.2) is 0 Å². The van der Waals surface area contributed by atoms with Crippen LogP contribution in [0.4, 0.5) is 0 Å². The van der Waals surface area contributed by atoms with E-state index < -0.39 is 0 Å². The zero-order chi connectivity index (χ0) is 20.2. The number of pyridine rings is 1. The van der Waals surface area contributed by atoms with Crippen LogP contribution in [0, 0.1) is 13.8 Å².